The quantitative estimate of drug-likeness (QED) is 0.661. The number of halogens is 2. The third kappa shape index (κ3) is 2.47. The van der Waals surface area contributed by atoms with Gasteiger partial charge in [0.1, 0.15) is 0 Å². The van der Waals surface area contributed by atoms with Gasteiger partial charge in [0, 0.05) is 18.0 Å². The van der Waals surface area contributed by atoms with E-state index in [1.165, 1.54) is 19.1 Å². The van der Waals surface area contributed by atoms with Crippen LogP contribution < -0.4 is 11.3 Å². The van der Waals surface area contributed by atoms with Crippen molar-refractivity contribution < 1.29 is 8.78 Å². The third-order valence-corrected chi connectivity index (χ3v) is 3.16. The molecule has 3 N–H and O–H groups in total. The fourth-order valence-electron chi connectivity index (χ4n) is 2.04. The number of rotatable bonds is 3. The van der Waals surface area contributed by atoms with Crippen molar-refractivity contribution in [2.45, 2.75) is 19.9 Å². The Kier molecular flexibility index (Phi) is 3.87. The van der Waals surface area contributed by atoms with E-state index in [-0.39, 0.29) is 11.1 Å². The molecule has 1 atom stereocenters. The Morgan fingerprint density at radius 3 is 2.42 bits per heavy atom. The molecule has 0 radical (unpaired) electrons. The lowest BCUT2D eigenvalue weighted by Crippen LogP contribution is -2.30. The molecule has 19 heavy (non-hydrogen) atoms. The molecule has 0 spiro atoms. The van der Waals surface area contributed by atoms with Crippen molar-refractivity contribution in [2.75, 3.05) is 0 Å². The maximum absolute atomic E-state index is 14.0. The van der Waals surface area contributed by atoms with E-state index in [0.717, 1.165) is 11.1 Å². The molecule has 1 unspecified atom stereocenters. The first-order chi connectivity index (χ1) is 9.06. The molecule has 1 heterocycles. The molecule has 0 amide bonds. The van der Waals surface area contributed by atoms with Gasteiger partial charge in [0.2, 0.25) is 0 Å². The van der Waals surface area contributed by atoms with Crippen LogP contribution in [0.15, 0.2) is 30.6 Å². The Balaban J connectivity index is 2.55. The number of hydrazine groups is 1. The molecule has 1 aromatic carbocycles. The van der Waals surface area contributed by atoms with Crippen LogP contribution in [0.5, 0.6) is 0 Å². The minimum Gasteiger partial charge on any atom is -0.271 e. The molecule has 0 bridgehead atoms. The van der Waals surface area contributed by atoms with Crippen LogP contribution in [0.3, 0.4) is 0 Å². The summed E-state index contributed by atoms with van der Waals surface area (Å²) in [5, 5.41) is 0. The summed E-state index contributed by atoms with van der Waals surface area (Å²) in [4.78, 5) is 3.97. The van der Waals surface area contributed by atoms with Gasteiger partial charge < -0.3 is 0 Å². The molecule has 3 nitrogen and oxygen atoms in total. The molecule has 0 saturated heterocycles. The molecule has 5 heteroatoms. The first kappa shape index (κ1) is 13.6. The highest BCUT2D eigenvalue weighted by Gasteiger charge is 2.21. The van der Waals surface area contributed by atoms with Gasteiger partial charge in [0.05, 0.1) is 6.04 Å². The van der Waals surface area contributed by atoms with Crippen LogP contribution in [-0.4, -0.2) is 4.98 Å². The zero-order valence-electron chi connectivity index (χ0n) is 10.7. The Morgan fingerprint density at radius 1 is 1.05 bits per heavy atom. The van der Waals surface area contributed by atoms with E-state index >= 15 is 0 Å². The number of hydrogen-bond donors (Lipinski definition) is 2. The average Bonchev–Trinajstić information content (AvgIpc) is 2.41. The van der Waals surface area contributed by atoms with Crippen LogP contribution in [0.1, 0.15) is 28.3 Å². The number of pyridine rings is 1. The van der Waals surface area contributed by atoms with Gasteiger partial charge in [0.25, 0.3) is 0 Å². The van der Waals surface area contributed by atoms with Crippen LogP contribution in [-0.2, 0) is 0 Å². The Morgan fingerprint density at radius 2 is 1.79 bits per heavy atom. The highest BCUT2D eigenvalue weighted by molar-refractivity contribution is 5.37. The van der Waals surface area contributed by atoms with Gasteiger partial charge in [-0.1, -0.05) is 12.1 Å². The fraction of sp³-hybridized carbons (Fsp3) is 0.214. The second kappa shape index (κ2) is 5.42. The van der Waals surface area contributed by atoms with E-state index in [9.17, 15) is 8.78 Å². The molecule has 0 aliphatic heterocycles. The number of aromatic nitrogens is 1. The third-order valence-electron chi connectivity index (χ3n) is 3.16. The highest BCUT2D eigenvalue weighted by atomic mass is 19.2. The average molecular weight is 263 g/mol. The van der Waals surface area contributed by atoms with Crippen molar-refractivity contribution in [2.24, 2.45) is 5.84 Å². The molecule has 1 aromatic heterocycles. The van der Waals surface area contributed by atoms with Gasteiger partial charge in [-0.25, -0.2) is 14.2 Å². The van der Waals surface area contributed by atoms with Gasteiger partial charge in [-0.3, -0.25) is 10.8 Å². The first-order valence-electron chi connectivity index (χ1n) is 5.87. The summed E-state index contributed by atoms with van der Waals surface area (Å²) in [7, 11) is 0. The molecule has 0 aliphatic carbocycles. The SMILES string of the molecule is Cc1cnccc1C(NN)c1ccc(C)c(F)c1F. The van der Waals surface area contributed by atoms with E-state index in [2.05, 4.69) is 10.4 Å². The lowest BCUT2D eigenvalue weighted by atomic mass is 9.95. The number of benzene rings is 1. The summed E-state index contributed by atoms with van der Waals surface area (Å²) in [6.45, 7) is 3.36. The van der Waals surface area contributed by atoms with Crippen molar-refractivity contribution in [3.05, 3.63) is 64.5 Å². The second-order valence-corrected chi connectivity index (χ2v) is 4.43. The lowest BCUT2D eigenvalue weighted by Gasteiger charge is -2.20. The maximum atomic E-state index is 14.0. The minimum atomic E-state index is -0.876. The Bertz CT molecular complexity index is 599. The van der Waals surface area contributed by atoms with E-state index in [1.54, 1.807) is 18.5 Å². The summed E-state index contributed by atoms with van der Waals surface area (Å²) >= 11 is 0. The zero-order chi connectivity index (χ0) is 14.0. The van der Waals surface area contributed by atoms with E-state index < -0.39 is 17.7 Å². The molecule has 0 saturated carbocycles. The zero-order valence-corrected chi connectivity index (χ0v) is 10.7. The Labute approximate surface area is 110 Å². The molecule has 2 rings (SSSR count). The number of nitrogens with one attached hydrogen (secondary N) is 1. The molecule has 2 aromatic rings. The largest absolute Gasteiger partial charge is 0.271 e. The summed E-state index contributed by atoms with van der Waals surface area (Å²) in [6, 6.07) is 4.20. The standard InChI is InChI=1S/C14H15F2N3/c1-8-3-4-11(13(16)12(8)15)14(19-17)10-5-6-18-7-9(10)2/h3-7,14,19H,17H2,1-2H3. The normalized spacial score (nSPS) is 12.5. The molecular formula is C14H15F2N3. The van der Waals surface area contributed by atoms with E-state index in [4.69, 9.17) is 5.84 Å². The lowest BCUT2D eigenvalue weighted by molar-refractivity contribution is 0.478. The highest BCUT2D eigenvalue weighted by Crippen LogP contribution is 2.27. The van der Waals surface area contributed by atoms with Crippen LogP contribution in [0.25, 0.3) is 0 Å². The van der Waals surface area contributed by atoms with Crippen molar-refractivity contribution in [1.82, 2.24) is 10.4 Å². The second-order valence-electron chi connectivity index (χ2n) is 4.43. The van der Waals surface area contributed by atoms with Crippen molar-refractivity contribution in [1.29, 1.82) is 0 Å². The first-order valence-corrected chi connectivity index (χ1v) is 5.87. The Hall–Kier alpha value is -1.85. The van der Waals surface area contributed by atoms with Crippen LogP contribution in [0.2, 0.25) is 0 Å². The van der Waals surface area contributed by atoms with Gasteiger partial charge in [0.15, 0.2) is 11.6 Å². The van der Waals surface area contributed by atoms with Gasteiger partial charge in [-0.05, 0) is 36.6 Å². The van der Waals surface area contributed by atoms with E-state index in [0.29, 0.717) is 0 Å². The van der Waals surface area contributed by atoms with Crippen LogP contribution in [0, 0.1) is 25.5 Å². The molecule has 0 aliphatic rings. The smallest absolute Gasteiger partial charge is 0.164 e. The van der Waals surface area contributed by atoms with Crippen molar-refractivity contribution in [3.63, 3.8) is 0 Å². The predicted octanol–water partition coefficient (Wildman–Crippen LogP) is 2.53. The number of hydrogen-bond acceptors (Lipinski definition) is 3. The maximum Gasteiger partial charge on any atom is 0.164 e. The molecule has 0 fully saturated rings. The van der Waals surface area contributed by atoms with Crippen LogP contribution >= 0.6 is 0 Å². The summed E-state index contributed by atoms with van der Waals surface area (Å²) < 4.78 is 27.7. The summed E-state index contributed by atoms with van der Waals surface area (Å²) in [5.74, 6) is 3.78. The topological polar surface area (TPSA) is 50.9 Å². The van der Waals surface area contributed by atoms with Crippen molar-refractivity contribution >= 4 is 0 Å². The van der Waals surface area contributed by atoms with Crippen molar-refractivity contribution in [3.8, 4) is 0 Å². The summed E-state index contributed by atoms with van der Waals surface area (Å²) in [5.41, 5.74) is 4.59. The molecular weight excluding hydrogens is 248 g/mol. The summed E-state index contributed by atoms with van der Waals surface area (Å²) in [6.07, 6.45) is 3.25. The van der Waals surface area contributed by atoms with Gasteiger partial charge >= 0.3 is 0 Å². The monoisotopic (exact) mass is 263 g/mol. The predicted molar refractivity (Wildman–Crippen MR) is 69.2 cm³/mol. The number of nitrogens with zero attached hydrogens (tertiary/aromatic N) is 1. The van der Waals surface area contributed by atoms with Crippen LogP contribution in [0.4, 0.5) is 8.78 Å². The van der Waals surface area contributed by atoms with E-state index in [1.807, 2.05) is 6.92 Å². The number of nitrogens with two attached hydrogens (primary N) is 1. The van der Waals surface area contributed by atoms with Gasteiger partial charge in [-0.15, -0.1) is 0 Å². The molecule has 100 valence electrons. The number of aryl methyl sites for hydroxylation is 2. The fourth-order valence-corrected chi connectivity index (χ4v) is 2.04. The van der Waals surface area contributed by atoms with Gasteiger partial charge in [-0.2, -0.15) is 0 Å². The minimum absolute atomic E-state index is 0.180.